The van der Waals surface area contributed by atoms with Crippen molar-refractivity contribution in [2.75, 3.05) is 18.4 Å². The van der Waals surface area contributed by atoms with Gasteiger partial charge in [0, 0.05) is 18.8 Å². The first-order chi connectivity index (χ1) is 12.3. The minimum absolute atomic E-state index is 0.167. The highest BCUT2D eigenvalue weighted by molar-refractivity contribution is 7.92. The van der Waals surface area contributed by atoms with Crippen LogP contribution in [0.1, 0.15) is 37.7 Å². The van der Waals surface area contributed by atoms with E-state index in [9.17, 15) is 18.0 Å². The fourth-order valence-corrected chi connectivity index (χ4v) is 5.83. The topological polar surface area (TPSA) is 104 Å². The molecule has 1 atom stereocenters. The molecule has 7 nitrogen and oxygen atoms in total. The van der Waals surface area contributed by atoms with Gasteiger partial charge in [0.2, 0.25) is 0 Å². The molecule has 8 heteroatoms. The molecule has 1 aromatic carbocycles. The Balaban J connectivity index is 1.75. The van der Waals surface area contributed by atoms with Crippen molar-refractivity contribution in [3.8, 4) is 0 Å². The van der Waals surface area contributed by atoms with Crippen molar-refractivity contribution in [1.82, 2.24) is 4.90 Å². The predicted octanol–water partition coefficient (Wildman–Crippen LogP) is 2.65. The molecule has 1 heterocycles. The Bertz CT molecular complexity index is 815. The average Bonchev–Trinajstić information content (AvgIpc) is 3.28. The summed E-state index contributed by atoms with van der Waals surface area (Å²) in [6, 6.07) is 4.49. The predicted molar refractivity (Wildman–Crippen MR) is 97.0 cm³/mol. The summed E-state index contributed by atoms with van der Waals surface area (Å²) >= 11 is 0. The molecular formula is C18H24N2O5S. The molecule has 0 spiro atoms. The number of carbonyl (C=O) groups is 2. The second kappa shape index (κ2) is 7.26. The standard InChI is InChI=1S/C18H24N2O5S/c1-12-6-7-14(10-16(12)26(24,25)15-4-2-3-5-15)19-18(23)20-9-8-13(11-20)17(21)22/h6-7,10,13,15H,2-5,8-9,11H2,1H3,(H,19,23)(H,21,22). The molecule has 1 saturated carbocycles. The van der Waals surface area contributed by atoms with Gasteiger partial charge in [-0.15, -0.1) is 0 Å². The van der Waals surface area contributed by atoms with E-state index in [-0.39, 0.29) is 16.7 Å². The molecule has 0 bridgehead atoms. The van der Waals surface area contributed by atoms with Crippen LogP contribution in [0, 0.1) is 12.8 Å². The molecule has 1 saturated heterocycles. The number of aliphatic carboxylic acids is 1. The average molecular weight is 380 g/mol. The summed E-state index contributed by atoms with van der Waals surface area (Å²) in [6.07, 6.45) is 3.65. The highest BCUT2D eigenvalue weighted by atomic mass is 32.2. The Hall–Kier alpha value is -2.09. The van der Waals surface area contributed by atoms with Crippen molar-refractivity contribution in [3.63, 3.8) is 0 Å². The van der Waals surface area contributed by atoms with Crippen LogP contribution in [0.3, 0.4) is 0 Å². The first kappa shape index (κ1) is 18.7. The van der Waals surface area contributed by atoms with Crippen LogP contribution in [-0.4, -0.2) is 48.8 Å². The monoisotopic (exact) mass is 380 g/mol. The van der Waals surface area contributed by atoms with E-state index in [1.165, 1.54) is 11.0 Å². The molecule has 3 rings (SSSR count). The summed E-state index contributed by atoms with van der Waals surface area (Å²) in [4.78, 5) is 25.1. The molecule has 0 radical (unpaired) electrons. The van der Waals surface area contributed by atoms with E-state index in [4.69, 9.17) is 5.11 Å². The zero-order chi connectivity index (χ0) is 18.9. The lowest BCUT2D eigenvalue weighted by molar-refractivity contribution is -0.141. The molecule has 1 aliphatic carbocycles. The Morgan fingerprint density at radius 2 is 1.88 bits per heavy atom. The Morgan fingerprint density at radius 3 is 2.50 bits per heavy atom. The van der Waals surface area contributed by atoms with Crippen LogP contribution in [-0.2, 0) is 14.6 Å². The fraction of sp³-hybridized carbons (Fsp3) is 0.556. The van der Waals surface area contributed by atoms with E-state index >= 15 is 0 Å². The van der Waals surface area contributed by atoms with Gasteiger partial charge in [-0.25, -0.2) is 13.2 Å². The number of amides is 2. The quantitative estimate of drug-likeness (QED) is 0.836. The van der Waals surface area contributed by atoms with Crippen molar-refractivity contribution in [3.05, 3.63) is 23.8 Å². The summed E-state index contributed by atoms with van der Waals surface area (Å²) in [6.45, 7) is 2.30. The number of aryl methyl sites for hydroxylation is 1. The van der Waals surface area contributed by atoms with Crippen molar-refractivity contribution < 1.29 is 23.1 Å². The van der Waals surface area contributed by atoms with E-state index in [0.717, 1.165) is 12.8 Å². The molecule has 1 unspecified atom stereocenters. The number of anilines is 1. The minimum atomic E-state index is -3.41. The van der Waals surface area contributed by atoms with Crippen LogP contribution in [0.4, 0.5) is 10.5 Å². The summed E-state index contributed by atoms with van der Waals surface area (Å²) in [5.41, 5.74) is 1.08. The first-order valence-corrected chi connectivity index (χ1v) is 10.5. The zero-order valence-corrected chi connectivity index (χ0v) is 15.6. The number of likely N-dealkylation sites (tertiary alicyclic amines) is 1. The second-order valence-electron chi connectivity index (χ2n) is 7.13. The number of hydrogen-bond donors (Lipinski definition) is 2. The lowest BCUT2D eigenvalue weighted by atomic mass is 10.1. The van der Waals surface area contributed by atoms with Gasteiger partial charge in [-0.2, -0.15) is 0 Å². The highest BCUT2D eigenvalue weighted by Gasteiger charge is 2.33. The van der Waals surface area contributed by atoms with E-state index in [1.807, 2.05) is 0 Å². The first-order valence-electron chi connectivity index (χ1n) is 8.92. The summed E-state index contributed by atoms with van der Waals surface area (Å²) < 4.78 is 25.8. The van der Waals surface area contributed by atoms with Gasteiger partial charge in [0.05, 0.1) is 16.1 Å². The van der Waals surface area contributed by atoms with Gasteiger partial charge in [0.1, 0.15) is 0 Å². The van der Waals surface area contributed by atoms with Gasteiger partial charge in [0.15, 0.2) is 9.84 Å². The lowest BCUT2D eigenvalue weighted by Gasteiger charge is -2.18. The Morgan fingerprint density at radius 1 is 1.19 bits per heavy atom. The van der Waals surface area contributed by atoms with E-state index in [1.54, 1.807) is 19.1 Å². The fourth-order valence-electron chi connectivity index (χ4n) is 3.71. The van der Waals surface area contributed by atoms with Gasteiger partial charge in [0.25, 0.3) is 0 Å². The summed E-state index contributed by atoms with van der Waals surface area (Å²) in [7, 11) is -3.41. The molecular weight excluding hydrogens is 356 g/mol. The summed E-state index contributed by atoms with van der Waals surface area (Å²) in [5, 5.41) is 11.4. The number of carbonyl (C=O) groups excluding carboxylic acids is 1. The number of rotatable bonds is 4. The largest absolute Gasteiger partial charge is 0.481 e. The molecule has 0 aromatic heterocycles. The minimum Gasteiger partial charge on any atom is -0.481 e. The van der Waals surface area contributed by atoms with E-state index in [2.05, 4.69) is 5.32 Å². The van der Waals surface area contributed by atoms with Crippen LogP contribution in [0.15, 0.2) is 23.1 Å². The zero-order valence-electron chi connectivity index (χ0n) is 14.8. The maximum atomic E-state index is 12.9. The molecule has 1 aromatic rings. The third-order valence-corrected chi connectivity index (χ3v) is 7.71. The highest BCUT2D eigenvalue weighted by Crippen LogP contribution is 2.32. The molecule has 2 amide bonds. The van der Waals surface area contributed by atoms with Gasteiger partial charge in [-0.05, 0) is 43.9 Å². The third-order valence-electron chi connectivity index (χ3n) is 5.31. The number of nitrogens with one attached hydrogen (secondary N) is 1. The Kier molecular flexibility index (Phi) is 5.22. The Labute approximate surface area is 153 Å². The molecule has 2 fully saturated rings. The molecule has 2 N–H and O–H groups in total. The number of hydrogen-bond acceptors (Lipinski definition) is 4. The molecule has 26 heavy (non-hydrogen) atoms. The van der Waals surface area contributed by atoms with Gasteiger partial charge in [-0.1, -0.05) is 18.9 Å². The normalized spacial score (nSPS) is 21.1. The van der Waals surface area contributed by atoms with Crippen molar-refractivity contribution >= 4 is 27.5 Å². The molecule has 2 aliphatic rings. The second-order valence-corrected chi connectivity index (χ2v) is 9.33. The van der Waals surface area contributed by atoms with Crippen molar-refractivity contribution in [1.29, 1.82) is 0 Å². The van der Waals surface area contributed by atoms with Crippen molar-refractivity contribution in [2.24, 2.45) is 5.92 Å². The molecule has 1 aliphatic heterocycles. The number of nitrogens with zero attached hydrogens (tertiary/aromatic N) is 1. The van der Waals surface area contributed by atoms with Crippen LogP contribution >= 0.6 is 0 Å². The number of urea groups is 1. The van der Waals surface area contributed by atoms with Crippen molar-refractivity contribution in [2.45, 2.75) is 49.2 Å². The molecule has 142 valence electrons. The van der Waals surface area contributed by atoms with Gasteiger partial charge >= 0.3 is 12.0 Å². The van der Waals surface area contributed by atoms with Crippen LogP contribution < -0.4 is 5.32 Å². The number of benzene rings is 1. The number of carboxylic acids is 1. The van der Waals surface area contributed by atoms with E-state index in [0.29, 0.717) is 37.1 Å². The lowest BCUT2D eigenvalue weighted by Crippen LogP contribution is -2.33. The maximum absolute atomic E-state index is 12.9. The van der Waals surface area contributed by atoms with Crippen LogP contribution in [0.25, 0.3) is 0 Å². The number of carboxylic acid groups (broad SMARTS) is 1. The van der Waals surface area contributed by atoms with Gasteiger partial charge < -0.3 is 15.3 Å². The smallest absolute Gasteiger partial charge is 0.321 e. The van der Waals surface area contributed by atoms with Gasteiger partial charge in [-0.3, -0.25) is 4.79 Å². The van der Waals surface area contributed by atoms with Crippen LogP contribution in [0.2, 0.25) is 0 Å². The SMILES string of the molecule is Cc1ccc(NC(=O)N2CCC(C(=O)O)C2)cc1S(=O)(=O)C1CCCC1. The maximum Gasteiger partial charge on any atom is 0.321 e. The van der Waals surface area contributed by atoms with E-state index < -0.39 is 27.8 Å². The number of sulfone groups is 1. The third kappa shape index (κ3) is 3.70. The van der Waals surface area contributed by atoms with Crippen LogP contribution in [0.5, 0.6) is 0 Å². The summed E-state index contributed by atoms with van der Waals surface area (Å²) in [5.74, 6) is -1.45.